The lowest BCUT2D eigenvalue weighted by molar-refractivity contribution is 0.391. The molecule has 0 radical (unpaired) electrons. The van der Waals surface area contributed by atoms with E-state index >= 15 is 0 Å². The Morgan fingerprint density at radius 2 is 2.13 bits per heavy atom. The van der Waals surface area contributed by atoms with Crippen molar-refractivity contribution in [2.24, 2.45) is 5.92 Å². The van der Waals surface area contributed by atoms with Gasteiger partial charge in [-0.2, -0.15) is 0 Å². The molecule has 0 spiro atoms. The van der Waals surface area contributed by atoms with Gasteiger partial charge in [0.2, 0.25) is 0 Å². The van der Waals surface area contributed by atoms with E-state index in [4.69, 9.17) is 5.73 Å². The SMILES string of the molecule is Nc1cccnc1SCC1CCCCC1. The van der Waals surface area contributed by atoms with Crippen LogP contribution >= 0.6 is 11.8 Å². The van der Waals surface area contributed by atoms with E-state index in [1.165, 1.54) is 37.9 Å². The first-order chi connectivity index (χ1) is 7.36. The lowest BCUT2D eigenvalue weighted by Crippen LogP contribution is -2.08. The van der Waals surface area contributed by atoms with Crippen LogP contribution in [0.2, 0.25) is 0 Å². The molecule has 0 atom stereocenters. The maximum atomic E-state index is 5.85. The number of nitrogens with two attached hydrogens (primary N) is 1. The Bertz CT molecular complexity index is 308. The highest BCUT2D eigenvalue weighted by Crippen LogP contribution is 2.30. The molecule has 0 bridgehead atoms. The topological polar surface area (TPSA) is 38.9 Å². The van der Waals surface area contributed by atoms with Gasteiger partial charge in [0.05, 0.1) is 5.69 Å². The van der Waals surface area contributed by atoms with Crippen molar-refractivity contribution in [3.05, 3.63) is 18.3 Å². The standard InChI is InChI=1S/C12H18N2S/c13-11-7-4-8-14-12(11)15-9-10-5-2-1-3-6-10/h4,7-8,10H,1-3,5-6,9,13H2. The summed E-state index contributed by atoms with van der Waals surface area (Å²) in [5, 5.41) is 1.00. The predicted molar refractivity (Wildman–Crippen MR) is 65.9 cm³/mol. The van der Waals surface area contributed by atoms with Crippen molar-refractivity contribution in [1.29, 1.82) is 0 Å². The largest absolute Gasteiger partial charge is 0.397 e. The molecule has 0 amide bonds. The summed E-state index contributed by atoms with van der Waals surface area (Å²) in [5.41, 5.74) is 6.67. The third kappa shape index (κ3) is 3.13. The van der Waals surface area contributed by atoms with Gasteiger partial charge in [-0.3, -0.25) is 0 Å². The molecule has 1 aliphatic rings. The molecule has 1 aromatic rings. The molecule has 2 rings (SSSR count). The summed E-state index contributed by atoms with van der Waals surface area (Å²) in [6, 6.07) is 3.82. The zero-order valence-electron chi connectivity index (χ0n) is 8.98. The van der Waals surface area contributed by atoms with Crippen molar-refractivity contribution in [2.45, 2.75) is 37.1 Å². The molecule has 15 heavy (non-hydrogen) atoms. The Labute approximate surface area is 95.7 Å². The van der Waals surface area contributed by atoms with Crippen LogP contribution in [0.5, 0.6) is 0 Å². The van der Waals surface area contributed by atoms with Crippen molar-refractivity contribution in [1.82, 2.24) is 4.98 Å². The molecule has 0 aromatic carbocycles. The van der Waals surface area contributed by atoms with Crippen molar-refractivity contribution in [3.8, 4) is 0 Å². The van der Waals surface area contributed by atoms with E-state index in [1.54, 1.807) is 0 Å². The first-order valence-corrected chi connectivity index (χ1v) is 6.68. The molecule has 1 heterocycles. The third-order valence-electron chi connectivity index (χ3n) is 2.98. The number of anilines is 1. The Kier molecular flexibility index (Phi) is 3.89. The molecule has 82 valence electrons. The molecule has 2 nitrogen and oxygen atoms in total. The van der Waals surface area contributed by atoms with E-state index in [0.717, 1.165) is 16.6 Å². The molecule has 2 N–H and O–H groups in total. The van der Waals surface area contributed by atoms with E-state index in [0.29, 0.717) is 0 Å². The average Bonchev–Trinajstić information content (AvgIpc) is 2.29. The second kappa shape index (κ2) is 5.40. The number of hydrogen-bond acceptors (Lipinski definition) is 3. The minimum Gasteiger partial charge on any atom is -0.397 e. The third-order valence-corrected chi connectivity index (χ3v) is 4.23. The summed E-state index contributed by atoms with van der Waals surface area (Å²) in [4.78, 5) is 4.30. The van der Waals surface area contributed by atoms with Gasteiger partial charge in [-0.15, -0.1) is 11.8 Å². The smallest absolute Gasteiger partial charge is 0.119 e. The molecule has 1 aromatic heterocycles. The molecule has 0 saturated heterocycles. The van der Waals surface area contributed by atoms with Crippen LogP contribution < -0.4 is 5.73 Å². The Hall–Kier alpha value is -0.700. The van der Waals surface area contributed by atoms with Crippen LogP contribution in [0.15, 0.2) is 23.4 Å². The number of thioether (sulfide) groups is 1. The fourth-order valence-electron chi connectivity index (χ4n) is 2.07. The zero-order valence-corrected chi connectivity index (χ0v) is 9.80. The molecule has 0 unspecified atom stereocenters. The maximum absolute atomic E-state index is 5.85. The van der Waals surface area contributed by atoms with Gasteiger partial charge >= 0.3 is 0 Å². The summed E-state index contributed by atoms with van der Waals surface area (Å²) in [7, 11) is 0. The van der Waals surface area contributed by atoms with Gasteiger partial charge in [0.15, 0.2) is 0 Å². The summed E-state index contributed by atoms with van der Waals surface area (Å²) < 4.78 is 0. The number of rotatable bonds is 3. The highest BCUT2D eigenvalue weighted by Gasteiger charge is 2.14. The quantitative estimate of drug-likeness (QED) is 0.797. The van der Waals surface area contributed by atoms with E-state index in [9.17, 15) is 0 Å². The monoisotopic (exact) mass is 222 g/mol. The van der Waals surface area contributed by atoms with E-state index < -0.39 is 0 Å². The fraction of sp³-hybridized carbons (Fsp3) is 0.583. The molecule has 1 aliphatic carbocycles. The van der Waals surface area contributed by atoms with Crippen LogP contribution in [0.3, 0.4) is 0 Å². The van der Waals surface area contributed by atoms with E-state index in [1.807, 2.05) is 30.1 Å². The lowest BCUT2D eigenvalue weighted by Gasteiger charge is -2.20. The molecule has 0 aliphatic heterocycles. The van der Waals surface area contributed by atoms with Crippen LogP contribution in [0.4, 0.5) is 5.69 Å². The molecule has 3 heteroatoms. The zero-order chi connectivity index (χ0) is 10.5. The first kappa shape index (κ1) is 10.8. The van der Waals surface area contributed by atoms with Crippen molar-refractivity contribution in [2.75, 3.05) is 11.5 Å². The van der Waals surface area contributed by atoms with E-state index in [2.05, 4.69) is 4.98 Å². The minimum absolute atomic E-state index is 0.818. The number of hydrogen-bond donors (Lipinski definition) is 1. The van der Waals surface area contributed by atoms with Crippen LogP contribution in [-0.4, -0.2) is 10.7 Å². The summed E-state index contributed by atoms with van der Waals surface area (Å²) in [6.07, 6.45) is 8.83. The van der Waals surface area contributed by atoms with Gasteiger partial charge in [0.25, 0.3) is 0 Å². The summed E-state index contributed by atoms with van der Waals surface area (Å²) in [6.45, 7) is 0. The number of nitrogen functional groups attached to an aromatic ring is 1. The summed E-state index contributed by atoms with van der Waals surface area (Å²) in [5.74, 6) is 2.06. The first-order valence-electron chi connectivity index (χ1n) is 5.69. The molecule has 1 saturated carbocycles. The average molecular weight is 222 g/mol. The van der Waals surface area contributed by atoms with Gasteiger partial charge in [-0.1, -0.05) is 19.3 Å². The van der Waals surface area contributed by atoms with Crippen LogP contribution in [0.25, 0.3) is 0 Å². The van der Waals surface area contributed by atoms with Crippen molar-refractivity contribution in [3.63, 3.8) is 0 Å². The Morgan fingerprint density at radius 3 is 2.87 bits per heavy atom. The lowest BCUT2D eigenvalue weighted by atomic mass is 9.91. The normalized spacial score (nSPS) is 17.9. The Balaban J connectivity index is 1.84. The molecular formula is C12H18N2S. The van der Waals surface area contributed by atoms with Crippen molar-refractivity contribution < 1.29 is 0 Å². The van der Waals surface area contributed by atoms with Gasteiger partial charge in [-0.05, 0) is 30.9 Å². The second-order valence-electron chi connectivity index (χ2n) is 4.21. The van der Waals surface area contributed by atoms with Crippen LogP contribution in [-0.2, 0) is 0 Å². The fourth-order valence-corrected chi connectivity index (χ4v) is 3.17. The number of nitrogens with zero attached hydrogens (tertiary/aromatic N) is 1. The molecular weight excluding hydrogens is 204 g/mol. The predicted octanol–water partition coefficient (Wildman–Crippen LogP) is 3.34. The summed E-state index contributed by atoms with van der Waals surface area (Å²) >= 11 is 1.82. The number of aromatic nitrogens is 1. The minimum atomic E-state index is 0.818. The van der Waals surface area contributed by atoms with Gasteiger partial charge in [-0.25, -0.2) is 4.98 Å². The van der Waals surface area contributed by atoms with Gasteiger partial charge in [0.1, 0.15) is 5.03 Å². The second-order valence-corrected chi connectivity index (χ2v) is 5.22. The Morgan fingerprint density at radius 1 is 1.33 bits per heavy atom. The highest BCUT2D eigenvalue weighted by atomic mass is 32.2. The van der Waals surface area contributed by atoms with Gasteiger partial charge < -0.3 is 5.73 Å². The van der Waals surface area contributed by atoms with E-state index in [-0.39, 0.29) is 0 Å². The number of pyridine rings is 1. The van der Waals surface area contributed by atoms with Crippen LogP contribution in [0.1, 0.15) is 32.1 Å². The van der Waals surface area contributed by atoms with Crippen molar-refractivity contribution >= 4 is 17.4 Å². The van der Waals surface area contributed by atoms with Gasteiger partial charge in [0, 0.05) is 11.9 Å². The maximum Gasteiger partial charge on any atom is 0.119 e. The molecule has 1 fully saturated rings. The highest BCUT2D eigenvalue weighted by molar-refractivity contribution is 7.99. The van der Waals surface area contributed by atoms with Crippen LogP contribution in [0, 0.1) is 5.92 Å².